The van der Waals surface area contributed by atoms with Gasteiger partial charge in [-0.05, 0) is 88.5 Å². The number of rotatable bonds is 10. The van der Waals surface area contributed by atoms with Crippen LogP contribution in [-0.4, -0.2) is 75.6 Å². The first-order valence-electron chi connectivity index (χ1n) is 13.5. The van der Waals surface area contributed by atoms with E-state index in [1.54, 1.807) is 0 Å². The summed E-state index contributed by atoms with van der Waals surface area (Å²) in [6.45, 7) is 13.2. The number of ether oxygens (including phenoxy) is 3. The van der Waals surface area contributed by atoms with Crippen LogP contribution < -0.4 is 0 Å². The van der Waals surface area contributed by atoms with E-state index in [1.165, 1.54) is 12.5 Å². The molecule has 1 aliphatic heterocycles. The fourth-order valence-electron chi connectivity index (χ4n) is 6.51. The zero-order valence-corrected chi connectivity index (χ0v) is 22.8. The van der Waals surface area contributed by atoms with Gasteiger partial charge in [-0.3, -0.25) is 10.1 Å². The number of hydrogen-bond acceptors (Lipinski definition) is 9. The molecule has 4 N–H and O–H groups in total. The van der Waals surface area contributed by atoms with E-state index in [2.05, 4.69) is 31.4 Å². The van der Waals surface area contributed by atoms with Crippen LogP contribution in [0.2, 0.25) is 0 Å². The third-order valence-electron chi connectivity index (χ3n) is 8.84. The van der Waals surface area contributed by atoms with Crippen molar-refractivity contribution in [1.29, 1.82) is 0 Å². The third kappa shape index (κ3) is 7.01. The number of carbonyl (C=O) groups excluding carboxylic acids is 1. The van der Waals surface area contributed by atoms with Gasteiger partial charge < -0.3 is 29.5 Å². The molecule has 0 aromatic carbocycles. The summed E-state index contributed by atoms with van der Waals surface area (Å²) in [5.41, 5.74) is 1.54. The number of carbonyl (C=O) groups is 1. The highest BCUT2D eigenvalue weighted by molar-refractivity contribution is 5.65. The average Bonchev–Trinajstić information content (AvgIpc) is 2.83. The molecular weight excluding hydrogens is 480 g/mol. The zero-order chi connectivity index (χ0) is 27.5. The van der Waals surface area contributed by atoms with Crippen molar-refractivity contribution in [2.45, 2.75) is 116 Å². The van der Waals surface area contributed by atoms with Gasteiger partial charge in [-0.25, -0.2) is 4.89 Å². The maximum atomic E-state index is 11.3. The first-order valence-corrected chi connectivity index (χ1v) is 13.5. The molecular formula is C28H46O9. The molecule has 0 aromatic heterocycles. The Morgan fingerprint density at radius 1 is 1.19 bits per heavy atom. The normalized spacial score (nSPS) is 39.8. The van der Waals surface area contributed by atoms with Crippen molar-refractivity contribution < 1.29 is 44.5 Å². The first-order chi connectivity index (χ1) is 17.4. The van der Waals surface area contributed by atoms with Crippen molar-refractivity contribution in [2.24, 2.45) is 23.7 Å². The number of fused-ring (bicyclic) bond motifs is 1. The van der Waals surface area contributed by atoms with Crippen LogP contribution in [0.25, 0.3) is 0 Å². The quantitative estimate of drug-likeness (QED) is 0.146. The molecule has 37 heavy (non-hydrogen) atoms. The molecule has 0 spiro atoms. The van der Waals surface area contributed by atoms with E-state index in [-0.39, 0.29) is 24.5 Å². The zero-order valence-electron chi connectivity index (χ0n) is 22.8. The molecule has 1 saturated carbocycles. The molecule has 0 radical (unpaired) electrons. The number of aliphatic hydroxyl groups is 3. The van der Waals surface area contributed by atoms with Crippen molar-refractivity contribution in [3.05, 3.63) is 23.8 Å². The van der Waals surface area contributed by atoms with E-state index >= 15 is 0 Å². The molecule has 1 heterocycles. The van der Waals surface area contributed by atoms with Gasteiger partial charge in [-0.2, -0.15) is 0 Å². The number of allylic oxidation sites excluding steroid dienone is 2. The fraction of sp³-hybridized carbons (Fsp3) is 0.821. The Bertz CT molecular complexity index is 828. The molecule has 212 valence electrons. The van der Waals surface area contributed by atoms with E-state index in [9.17, 15) is 25.4 Å². The van der Waals surface area contributed by atoms with Gasteiger partial charge >= 0.3 is 5.97 Å². The van der Waals surface area contributed by atoms with Gasteiger partial charge in [-0.1, -0.05) is 25.2 Å². The molecule has 0 aromatic rings. The van der Waals surface area contributed by atoms with Crippen LogP contribution in [0.4, 0.5) is 0 Å². The van der Waals surface area contributed by atoms with Gasteiger partial charge in [0.05, 0.1) is 5.60 Å². The Hall–Kier alpha value is -1.33. The van der Waals surface area contributed by atoms with Crippen LogP contribution in [0.3, 0.4) is 0 Å². The molecule has 2 fully saturated rings. The predicted octanol–water partition coefficient (Wildman–Crippen LogP) is 3.37. The average molecular weight is 527 g/mol. The summed E-state index contributed by atoms with van der Waals surface area (Å²) in [4.78, 5) is 15.9. The molecule has 1 saturated heterocycles. The van der Waals surface area contributed by atoms with Gasteiger partial charge in [0.1, 0.15) is 37.1 Å². The molecule has 9 heteroatoms. The largest absolute Gasteiger partial charge is 0.463 e. The maximum Gasteiger partial charge on any atom is 0.302 e. The van der Waals surface area contributed by atoms with Crippen molar-refractivity contribution in [2.75, 3.05) is 6.61 Å². The molecule has 9 nitrogen and oxygen atoms in total. The summed E-state index contributed by atoms with van der Waals surface area (Å²) < 4.78 is 17.3. The summed E-state index contributed by atoms with van der Waals surface area (Å²) in [5, 5.41) is 40.7. The summed E-state index contributed by atoms with van der Waals surface area (Å²) >= 11 is 0. The molecule has 0 bridgehead atoms. The predicted molar refractivity (Wildman–Crippen MR) is 136 cm³/mol. The lowest BCUT2D eigenvalue weighted by Crippen LogP contribution is -2.62. The van der Waals surface area contributed by atoms with E-state index in [4.69, 9.17) is 14.2 Å². The first kappa shape index (κ1) is 30.2. The van der Waals surface area contributed by atoms with Gasteiger partial charge in [0.2, 0.25) is 0 Å². The minimum Gasteiger partial charge on any atom is -0.463 e. The Morgan fingerprint density at radius 2 is 1.89 bits per heavy atom. The summed E-state index contributed by atoms with van der Waals surface area (Å²) in [6.07, 6.45) is 0.641. The molecule has 2 aliphatic carbocycles. The minimum absolute atomic E-state index is 0.176. The van der Waals surface area contributed by atoms with Crippen LogP contribution in [0.1, 0.15) is 73.1 Å². The number of hydrogen-bond donors (Lipinski definition) is 4. The van der Waals surface area contributed by atoms with Crippen LogP contribution in [0, 0.1) is 23.7 Å². The summed E-state index contributed by atoms with van der Waals surface area (Å²) in [7, 11) is 0. The van der Waals surface area contributed by atoms with Crippen LogP contribution >= 0.6 is 0 Å². The lowest BCUT2D eigenvalue weighted by Gasteiger charge is -2.54. The summed E-state index contributed by atoms with van der Waals surface area (Å²) in [5.74, 6) is 0.727. The number of aliphatic hydroxyl groups excluding tert-OH is 3. The van der Waals surface area contributed by atoms with Gasteiger partial charge in [0.15, 0.2) is 6.29 Å². The number of esters is 1. The second-order valence-corrected chi connectivity index (χ2v) is 11.7. The summed E-state index contributed by atoms with van der Waals surface area (Å²) in [6, 6.07) is 0. The van der Waals surface area contributed by atoms with Crippen molar-refractivity contribution in [3.8, 4) is 0 Å². The van der Waals surface area contributed by atoms with E-state index in [0.29, 0.717) is 18.3 Å². The van der Waals surface area contributed by atoms with Crippen LogP contribution in [-0.2, 0) is 23.9 Å². The van der Waals surface area contributed by atoms with E-state index in [1.807, 2.05) is 13.8 Å². The smallest absolute Gasteiger partial charge is 0.302 e. The lowest BCUT2D eigenvalue weighted by atomic mass is 9.57. The Kier molecular flexibility index (Phi) is 10.4. The van der Waals surface area contributed by atoms with Gasteiger partial charge in [0, 0.05) is 6.92 Å². The standard InChI is InChI=1S/C28H46O9/c1-15(2)22(37-33)10-8-17(4)19-11-12-28(6,21-9-7-16(3)13-20(19)21)36-27-26(32)25(31)24(30)23(35-27)14-34-18(5)29/h13,17,19-27,30-33H,1,7-12,14H2,2-6H3/t17-,19+,20+,21+,22+,23-,24+,25+,26-,27+,28+/m1/s1. The minimum atomic E-state index is -1.49. The van der Waals surface area contributed by atoms with E-state index < -0.39 is 42.3 Å². The molecule has 0 amide bonds. The monoisotopic (exact) mass is 526 g/mol. The second-order valence-electron chi connectivity index (χ2n) is 11.7. The lowest BCUT2D eigenvalue weighted by molar-refractivity contribution is -0.337. The molecule has 3 aliphatic rings. The van der Waals surface area contributed by atoms with Crippen LogP contribution in [0.15, 0.2) is 23.8 Å². The molecule has 0 unspecified atom stereocenters. The van der Waals surface area contributed by atoms with Gasteiger partial charge in [-0.15, -0.1) is 0 Å². The SMILES string of the molecule is C=C(C)[C@H](CC[C@@H](C)[C@@H]1CC[C@](C)(O[C@@H]2O[C@H](COC(C)=O)[C@H](O)[C@H](O)[C@H]2O)[C@H]2CCC(C)=C[C@@H]12)OO. The second kappa shape index (κ2) is 12.7. The van der Waals surface area contributed by atoms with Crippen LogP contribution in [0.5, 0.6) is 0 Å². The maximum absolute atomic E-state index is 11.3. The van der Waals surface area contributed by atoms with Crippen molar-refractivity contribution in [3.63, 3.8) is 0 Å². The highest BCUT2D eigenvalue weighted by Gasteiger charge is 2.53. The van der Waals surface area contributed by atoms with Crippen molar-refractivity contribution >= 4 is 5.97 Å². The molecule has 11 atom stereocenters. The Balaban J connectivity index is 1.75. The Labute approximate surface area is 220 Å². The van der Waals surface area contributed by atoms with Crippen molar-refractivity contribution in [1.82, 2.24) is 0 Å². The highest BCUT2D eigenvalue weighted by Crippen LogP contribution is 2.52. The fourth-order valence-corrected chi connectivity index (χ4v) is 6.51. The van der Waals surface area contributed by atoms with E-state index in [0.717, 1.165) is 37.7 Å². The third-order valence-corrected chi connectivity index (χ3v) is 8.84. The Morgan fingerprint density at radius 3 is 2.51 bits per heavy atom. The topological polar surface area (TPSA) is 135 Å². The molecule has 3 rings (SSSR count). The highest BCUT2D eigenvalue weighted by atomic mass is 17.1. The van der Waals surface area contributed by atoms with Gasteiger partial charge in [0.25, 0.3) is 0 Å².